The van der Waals surface area contributed by atoms with Crippen LogP contribution in [0.15, 0.2) is 42.5 Å². The number of carbonyl (C=O) groups is 3. The molecule has 1 saturated carbocycles. The maximum atomic E-state index is 12.4. The van der Waals surface area contributed by atoms with Crippen LogP contribution in [-0.4, -0.2) is 42.3 Å². The van der Waals surface area contributed by atoms with Crippen LogP contribution in [0, 0.1) is 12.8 Å². The smallest absolute Gasteiger partial charge is 0.253 e. The van der Waals surface area contributed by atoms with Crippen LogP contribution in [0.2, 0.25) is 0 Å². The number of carbonyl (C=O) groups excluding carboxylic acids is 3. The normalized spacial score (nSPS) is 15.5. The van der Waals surface area contributed by atoms with E-state index in [0.717, 1.165) is 55.7 Å². The van der Waals surface area contributed by atoms with E-state index in [1.807, 2.05) is 42.2 Å². The van der Waals surface area contributed by atoms with Gasteiger partial charge in [-0.05, 0) is 74.6 Å². The van der Waals surface area contributed by atoms with Crippen LogP contribution in [0.25, 0.3) is 0 Å². The first-order valence-corrected chi connectivity index (χ1v) is 10.8. The maximum absolute atomic E-state index is 12.4. The van der Waals surface area contributed by atoms with Crippen molar-refractivity contribution in [3.05, 3.63) is 53.6 Å². The van der Waals surface area contributed by atoms with Crippen LogP contribution in [0.5, 0.6) is 0 Å². The van der Waals surface area contributed by atoms with Gasteiger partial charge >= 0.3 is 0 Å². The molecule has 7 heteroatoms. The number of hydrogen-bond acceptors (Lipinski definition) is 4. The molecule has 7 nitrogen and oxygen atoms in total. The average molecular weight is 421 g/mol. The lowest BCUT2D eigenvalue weighted by atomic mass is 10.1. The molecule has 2 fully saturated rings. The predicted molar refractivity (Wildman–Crippen MR) is 121 cm³/mol. The van der Waals surface area contributed by atoms with Crippen molar-refractivity contribution in [2.45, 2.75) is 32.6 Å². The maximum Gasteiger partial charge on any atom is 0.253 e. The lowest BCUT2D eigenvalue weighted by Crippen LogP contribution is -2.27. The summed E-state index contributed by atoms with van der Waals surface area (Å²) in [7, 11) is 0. The van der Waals surface area contributed by atoms with E-state index in [9.17, 15) is 14.4 Å². The number of rotatable bonds is 7. The molecule has 4 rings (SSSR count). The van der Waals surface area contributed by atoms with E-state index in [0.29, 0.717) is 11.3 Å². The third-order valence-corrected chi connectivity index (χ3v) is 5.79. The minimum absolute atomic E-state index is 0.0416. The quantitative estimate of drug-likeness (QED) is 0.638. The second kappa shape index (κ2) is 9.20. The van der Waals surface area contributed by atoms with Gasteiger partial charge in [-0.25, -0.2) is 0 Å². The van der Waals surface area contributed by atoms with Crippen molar-refractivity contribution in [2.24, 2.45) is 5.92 Å². The number of anilines is 3. The van der Waals surface area contributed by atoms with Crippen molar-refractivity contribution in [1.29, 1.82) is 0 Å². The molecule has 0 bridgehead atoms. The highest BCUT2D eigenvalue weighted by Gasteiger charge is 2.29. The number of nitrogens with zero attached hydrogens (tertiary/aromatic N) is 1. The number of amides is 3. The molecular formula is C24H28N4O3. The molecule has 2 aliphatic rings. The molecule has 0 atom stereocenters. The highest BCUT2D eigenvalue weighted by atomic mass is 16.2. The van der Waals surface area contributed by atoms with Crippen molar-refractivity contribution in [3.63, 3.8) is 0 Å². The second-order valence-corrected chi connectivity index (χ2v) is 8.22. The Bertz CT molecular complexity index is 977. The summed E-state index contributed by atoms with van der Waals surface area (Å²) in [5.74, 6) is 0.0377. The first-order chi connectivity index (χ1) is 15.0. The van der Waals surface area contributed by atoms with Crippen LogP contribution in [-0.2, 0) is 9.59 Å². The molecule has 0 unspecified atom stereocenters. The monoisotopic (exact) mass is 420 g/mol. The first kappa shape index (κ1) is 20.9. The number of benzene rings is 2. The van der Waals surface area contributed by atoms with Gasteiger partial charge in [-0.1, -0.05) is 6.07 Å². The Morgan fingerprint density at radius 1 is 0.935 bits per heavy atom. The fraction of sp³-hybridized carbons (Fsp3) is 0.375. The topological polar surface area (TPSA) is 90.5 Å². The SMILES string of the molecule is Cc1c(NC(=O)CNc2ccc(C(=O)N3CCCC3)cc2)cccc1NC(=O)C1CC1. The molecule has 0 spiro atoms. The van der Waals surface area contributed by atoms with Crippen LogP contribution in [0.4, 0.5) is 17.1 Å². The van der Waals surface area contributed by atoms with Gasteiger partial charge in [0.25, 0.3) is 5.91 Å². The van der Waals surface area contributed by atoms with E-state index in [-0.39, 0.29) is 30.2 Å². The summed E-state index contributed by atoms with van der Waals surface area (Å²) in [6.45, 7) is 3.62. The number of hydrogen-bond donors (Lipinski definition) is 3. The Morgan fingerprint density at radius 2 is 1.58 bits per heavy atom. The Labute approximate surface area is 182 Å². The van der Waals surface area contributed by atoms with Crippen LogP contribution >= 0.6 is 0 Å². The van der Waals surface area contributed by atoms with E-state index in [1.165, 1.54) is 0 Å². The van der Waals surface area contributed by atoms with Gasteiger partial charge in [-0.15, -0.1) is 0 Å². The van der Waals surface area contributed by atoms with Gasteiger partial charge in [-0.3, -0.25) is 14.4 Å². The lowest BCUT2D eigenvalue weighted by molar-refractivity contribution is -0.117. The molecule has 0 aromatic heterocycles. The van der Waals surface area contributed by atoms with Gasteiger partial charge in [0.15, 0.2) is 0 Å². The van der Waals surface area contributed by atoms with E-state index < -0.39 is 0 Å². The summed E-state index contributed by atoms with van der Waals surface area (Å²) in [5.41, 5.74) is 3.66. The average Bonchev–Trinajstić information content (AvgIpc) is 3.49. The minimum atomic E-state index is -0.189. The van der Waals surface area contributed by atoms with Crippen LogP contribution < -0.4 is 16.0 Å². The van der Waals surface area contributed by atoms with E-state index in [2.05, 4.69) is 16.0 Å². The standard InChI is InChI=1S/C24H28N4O3/c1-16-20(5-4-6-21(16)27-23(30)17-7-8-17)26-22(29)15-25-19-11-9-18(10-12-19)24(31)28-13-2-3-14-28/h4-6,9-12,17,25H,2-3,7-8,13-15H2,1H3,(H,26,29)(H,27,30). The summed E-state index contributed by atoms with van der Waals surface area (Å²) in [6, 6.07) is 12.7. The van der Waals surface area contributed by atoms with Crippen LogP contribution in [0.3, 0.4) is 0 Å². The molecule has 3 amide bonds. The largest absolute Gasteiger partial charge is 0.376 e. The second-order valence-electron chi connectivity index (χ2n) is 8.22. The number of nitrogens with one attached hydrogen (secondary N) is 3. The predicted octanol–water partition coefficient (Wildman–Crippen LogP) is 3.63. The molecule has 3 N–H and O–H groups in total. The summed E-state index contributed by atoms with van der Waals surface area (Å²) < 4.78 is 0. The van der Waals surface area contributed by atoms with E-state index >= 15 is 0 Å². The highest BCUT2D eigenvalue weighted by molar-refractivity contribution is 5.98. The van der Waals surface area contributed by atoms with E-state index in [1.54, 1.807) is 12.1 Å². The molecule has 1 aliphatic heterocycles. The molecule has 2 aromatic carbocycles. The molecule has 1 aliphatic carbocycles. The molecular weight excluding hydrogens is 392 g/mol. The van der Waals surface area contributed by atoms with Crippen molar-refractivity contribution in [2.75, 3.05) is 35.6 Å². The van der Waals surface area contributed by atoms with Crippen LogP contribution in [0.1, 0.15) is 41.6 Å². The minimum Gasteiger partial charge on any atom is -0.376 e. The Morgan fingerprint density at radius 3 is 2.23 bits per heavy atom. The summed E-state index contributed by atoms with van der Waals surface area (Å²) in [6.07, 6.45) is 4.02. The van der Waals surface area contributed by atoms with Gasteiger partial charge in [0.05, 0.1) is 6.54 Å². The van der Waals surface area contributed by atoms with Crippen molar-refractivity contribution in [1.82, 2.24) is 4.90 Å². The van der Waals surface area contributed by atoms with Gasteiger partial charge in [0.1, 0.15) is 0 Å². The number of likely N-dealkylation sites (tertiary alicyclic amines) is 1. The summed E-state index contributed by atoms with van der Waals surface area (Å²) in [4.78, 5) is 38.7. The Hall–Kier alpha value is -3.35. The summed E-state index contributed by atoms with van der Waals surface area (Å²) >= 11 is 0. The molecule has 1 heterocycles. The molecule has 31 heavy (non-hydrogen) atoms. The molecule has 2 aromatic rings. The molecule has 0 radical (unpaired) electrons. The third-order valence-electron chi connectivity index (χ3n) is 5.79. The van der Waals surface area contributed by atoms with Gasteiger partial charge in [0.2, 0.25) is 11.8 Å². The lowest BCUT2D eigenvalue weighted by Gasteiger charge is -2.16. The highest BCUT2D eigenvalue weighted by Crippen LogP contribution is 2.31. The Kier molecular flexibility index (Phi) is 6.21. The zero-order valence-corrected chi connectivity index (χ0v) is 17.7. The first-order valence-electron chi connectivity index (χ1n) is 10.8. The zero-order chi connectivity index (χ0) is 21.8. The molecule has 162 valence electrons. The van der Waals surface area contributed by atoms with E-state index in [4.69, 9.17) is 0 Å². The van der Waals surface area contributed by atoms with Crippen molar-refractivity contribution < 1.29 is 14.4 Å². The summed E-state index contributed by atoms with van der Waals surface area (Å²) in [5, 5.41) is 8.92. The Balaban J connectivity index is 1.30. The van der Waals surface area contributed by atoms with Crippen molar-refractivity contribution in [3.8, 4) is 0 Å². The molecule has 1 saturated heterocycles. The zero-order valence-electron chi connectivity index (χ0n) is 17.7. The van der Waals surface area contributed by atoms with Gasteiger partial charge in [0, 0.05) is 41.6 Å². The fourth-order valence-corrected chi connectivity index (χ4v) is 3.70. The van der Waals surface area contributed by atoms with Crippen molar-refractivity contribution >= 4 is 34.8 Å². The van der Waals surface area contributed by atoms with Gasteiger partial charge < -0.3 is 20.9 Å². The third kappa shape index (κ3) is 5.23. The fourth-order valence-electron chi connectivity index (χ4n) is 3.70. The van der Waals surface area contributed by atoms with Gasteiger partial charge in [-0.2, -0.15) is 0 Å².